The number of amides is 1. The van der Waals surface area contributed by atoms with Gasteiger partial charge in [0.1, 0.15) is 11.6 Å². The van der Waals surface area contributed by atoms with Gasteiger partial charge in [-0.1, -0.05) is 0 Å². The zero-order chi connectivity index (χ0) is 14.6. The highest BCUT2D eigenvalue weighted by Gasteiger charge is 2.42. The Bertz CT molecular complexity index is 486. The van der Waals surface area contributed by atoms with Crippen molar-refractivity contribution in [3.63, 3.8) is 0 Å². The van der Waals surface area contributed by atoms with Crippen LogP contribution < -0.4 is 10.1 Å². The van der Waals surface area contributed by atoms with Gasteiger partial charge in [0.05, 0.1) is 12.7 Å². The SMILES string of the molecule is COCCC1(CNC(=O)c2ccc(OC)cc2F)CC1. The van der Waals surface area contributed by atoms with Crippen LogP contribution in [0.1, 0.15) is 29.6 Å². The third kappa shape index (κ3) is 3.48. The molecule has 1 aromatic rings. The topological polar surface area (TPSA) is 47.6 Å². The number of hydrogen-bond donors (Lipinski definition) is 1. The predicted molar refractivity (Wildman–Crippen MR) is 73.4 cm³/mol. The fourth-order valence-corrected chi connectivity index (χ4v) is 2.18. The second-order valence-electron chi connectivity index (χ2n) is 5.27. The molecule has 0 spiro atoms. The van der Waals surface area contributed by atoms with Gasteiger partial charge in [-0.25, -0.2) is 4.39 Å². The lowest BCUT2D eigenvalue weighted by molar-refractivity contribution is 0.0934. The van der Waals surface area contributed by atoms with Gasteiger partial charge in [0.2, 0.25) is 0 Å². The lowest BCUT2D eigenvalue weighted by Crippen LogP contribution is -2.31. The molecule has 0 saturated heterocycles. The first kappa shape index (κ1) is 14.8. The van der Waals surface area contributed by atoms with Crippen LogP contribution in [0, 0.1) is 11.2 Å². The summed E-state index contributed by atoms with van der Waals surface area (Å²) in [6.45, 7) is 1.26. The Kier molecular flexibility index (Phi) is 4.60. The van der Waals surface area contributed by atoms with E-state index in [-0.39, 0.29) is 16.9 Å². The van der Waals surface area contributed by atoms with Gasteiger partial charge in [-0.2, -0.15) is 0 Å². The van der Waals surface area contributed by atoms with Crippen molar-refractivity contribution in [2.45, 2.75) is 19.3 Å². The molecule has 1 amide bonds. The van der Waals surface area contributed by atoms with Crippen LogP contribution in [0.2, 0.25) is 0 Å². The standard InChI is InChI=1S/C15H20FNO3/c1-19-8-7-15(5-6-15)10-17-14(18)12-4-3-11(20-2)9-13(12)16/h3-4,9H,5-8,10H2,1-2H3,(H,17,18). The molecule has 0 atom stereocenters. The summed E-state index contributed by atoms with van der Waals surface area (Å²) in [6.07, 6.45) is 3.10. The maximum atomic E-state index is 13.8. The van der Waals surface area contributed by atoms with Crippen molar-refractivity contribution < 1.29 is 18.7 Å². The van der Waals surface area contributed by atoms with Gasteiger partial charge in [-0.05, 0) is 36.8 Å². The molecule has 1 fully saturated rings. The predicted octanol–water partition coefficient (Wildman–Crippen LogP) is 2.38. The maximum Gasteiger partial charge on any atom is 0.254 e. The highest BCUT2D eigenvalue weighted by molar-refractivity contribution is 5.94. The minimum atomic E-state index is -0.566. The molecule has 5 heteroatoms. The largest absolute Gasteiger partial charge is 0.497 e. The molecule has 1 N–H and O–H groups in total. The van der Waals surface area contributed by atoms with Crippen molar-refractivity contribution in [2.75, 3.05) is 27.4 Å². The van der Waals surface area contributed by atoms with Crippen LogP contribution in [-0.4, -0.2) is 33.3 Å². The molecule has 20 heavy (non-hydrogen) atoms. The van der Waals surface area contributed by atoms with Crippen LogP contribution >= 0.6 is 0 Å². The Morgan fingerprint density at radius 1 is 1.40 bits per heavy atom. The van der Waals surface area contributed by atoms with E-state index in [1.807, 2.05) is 0 Å². The van der Waals surface area contributed by atoms with Crippen LogP contribution in [0.4, 0.5) is 4.39 Å². The number of rotatable bonds is 7. The number of nitrogens with one attached hydrogen (secondary N) is 1. The van der Waals surface area contributed by atoms with Gasteiger partial charge in [0, 0.05) is 26.3 Å². The normalized spacial score (nSPS) is 15.8. The summed E-state index contributed by atoms with van der Waals surface area (Å²) in [5.41, 5.74) is 0.197. The van der Waals surface area contributed by atoms with E-state index in [0.29, 0.717) is 18.9 Å². The van der Waals surface area contributed by atoms with E-state index in [4.69, 9.17) is 9.47 Å². The van der Waals surface area contributed by atoms with Gasteiger partial charge < -0.3 is 14.8 Å². The molecule has 110 valence electrons. The number of hydrogen-bond acceptors (Lipinski definition) is 3. The summed E-state index contributed by atoms with van der Waals surface area (Å²) in [6, 6.07) is 4.24. The Morgan fingerprint density at radius 3 is 2.70 bits per heavy atom. The molecule has 0 aliphatic heterocycles. The molecule has 0 radical (unpaired) electrons. The monoisotopic (exact) mass is 281 g/mol. The van der Waals surface area contributed by atoms with Crippen molar-refractivity contribution in [3.8, 4) is 5.75 Å². The molecule has 0 aromatic heterocycles. The minimum absolute atomic E-state index is 0.0494. The van der Waals surface area contributed by atoms with E-state index in [2.05, 4.69) is 5.32 Å². The van der Waals surface area contributed by atoms with Crippen LogP contribution in [-0.2, 0) is 4.74 Å². The molecular weight excluding hydrogens is 261 g/mol. The van der Waals surface area contributed by atoms with Crippen molar-refractivity contribution in [1.82, 2.24) is 5.32 Å². The molecule has 0 bridgehead atoms. The van der Waals surface area contributed by atoms with E-state index in [9.17, 15) is 9.18 Å². The van der Waals surface area contributed by atoms with Gasteiger partial charge in [-0.15, -0.1) is 0 Å². The zero-order valence-corrected chi connectivity index (χ0v) is 11.9. The summed E-state index contributed by atoms with van der Waals surface area (Å²) in [7, 11) is 3.13. The van der Waals surface area contributed by atoms with Crippen molar-refractivity contribution >= 4 is 5.91 Å². The maximum absolute atomic E-state index is 13.8. The van der Waals surface area contributed by atoms with E-state index in [1.165, 1.54) is 19.2 Å². The number of carbonyl (C=O) groups is 1. The van der Waals surface area contributed by atoms with Gasteiger partial charge >= 0.3 is 0 Å². The first-order chi connectivity index (χ1) is 9.60. The molecule has 0 heterocycles. The van der Waals surface area contributed by atoms with Gasteiger partial charge in [-0.3, -0.25) is 4.79 Å². The second-order valence-corrected chi connectivity index (χ2v) is 5.27. The number of methoxy groups -OCH3 is 2. The molecule has 0 unspecified atom stereocenters. The van der Waals surface area contributed by atoms with E-state index in [1.54, 1.807) is 13.2 Å². The average molecular weight is 281 g/mol. The quantitative estimate of drug-likeness (QED) is 0.834. The Hall–Kier alpha value is -1.62. The lowest BCUT2D eigenvalue weighted by atomic mass is 10.0. The highest BCUT2D eigenvalue weighted by atomic mass is 19.1. The molecule has 2 rings (SSSR count). The third-order valence-electron chi connectivity index (χ3n) is 3.84. The molecule has 1 aliphatic rings. The fraction of sp³-hybridized carbons (Fsp3) is 0.533. The second kappa shape index (κ2) is 6.22. The van der Waals surface area contributed by atoms with Crippen molar-refractivity contribution in [3.05, 3.63) is 29.6 Å². The Morgan fingerprint density at radius 2 is 2.15 bits per heavy atom. The number of ether oxygens (including phenoxy) is 2. The third-order valence-corrected chi connectivity index (χ3v) is 3.84. The summed E-state index contributed by atoms with van der Waals surface area (Å²) in [5.74, 6) is -0.546. The van der Waals surface area contributed by atoms with Gasteiger partial charge in [0.25, 0.3) is 5.91 Å². The number of carbonyl (C=O) groups excluding carboxylic acids is 1. The van der Waals surface area contributed by atoms with Gasteiger partial charge in [0.15, 0.2) is 0 Å². The summed E-state index contributed by atoms with van der Waals surface area (Å²) in [5, 5.41) is 2.81. The average Bonchev–Trinajstić information content (AvgIpc) is 3.23. The number of benzene rings is 1. The summed E-state index contributed by atoms with van der Waals surface area (Å²) >= 11 is 0. The molecular formula is C15H20FNO3. The smallest absolute Gasteiger partial charge is 0.254 e. The van der Waals surface area contributed by atoms with E-state index < -0.39 is 5.82 Å². The Balaban J connectivity index is 1.92. The molecule has 4 nitrogen and oxygen atoms in total. The summed E-state index contributed by atoms with van der Waals surface area (Å²) in [4.78, 5) is 12.0. The van der Waals surface area contributed by atoms with Crippen LogP contribution in [0.25, 0.3) is 0 Å². The Labute approximate surface area is 118 Å². The van der Waals surface area contributed by atoms with Crippen LogP contribution in [0.5, 0.6) is 5.75 Å². The number of halogens is 1. The first-order valence-corrected chi connectivity index (χ1v) is 6.71. The molecule has 1 aromatic carbocycles. The van der Waals surface area contributed by atoms with Crippen molar-refractivity contribution in [2.24, 2.45) is 5.41 Å². The first-order valence-electron chi connectivity index (χ1n) is 6.71. The molecule has 1 aliphatic carbocycles. The highest BCUT2D eigenvalue weighted by Crippen LogP contribution is 2.48. The zero-order valence-electron chi connectivity index (χ0n) is 11.9. The van der Waals surface area contributed by atoms with Crippen LogP contribution in [0.15, 0.2) is 18.2 Å². The summed E-state index contributed by atoms with van der Waals surface area (Å²) < 4.78 is 23.7. The fourth-order valence-electron chi connectivity index (χ4n) is 2.18. The van der Waals surface area contributed by atoms with E-state index in [0.717, 1.165) is 19.3 Å². The minimum Gasteiger partial charge on any atom is -0.497 e. The van der Waals surface area contributed by atoms with Crippen LogP contribution in [0.3, 0.4) is 0 Å². The lowest BCUT2D eigenvalue weighted by Gasteiger charge is -2.15. The van der Waals surface area contributed by atoms with E-state index >= 15 is 0 Å². The molecule has 1 saturated carbocycles. The van der Waals surface area contributed by atoms with Crippen molar-refractivity contribution in [1.29, 1.82) is 0 Å².